The van der Waals surface area contributed by atoms with Crippen LogP contribution < -0.4 is 4.74 Å². The van der Waals surface area contributed by atoms with E-state index in [-0.39, 0.29) is 12.2 Å². The van der Waals surface area contributed by atoms with Gasteiger partial charge in [-0.1, -0.05) is 32.3 Å². The average molecular weight is 304 g/mol. The molecule has 0 spiro atoms. The fourth-order valence-corrected chi connectivity index (χ4v) is 3.11. The van der Waals surface area contributed by atoms with Gasteiger partial charge in [0.05, 0.1) is 18.6 Å². The number of carbonyl (C=O) groups is 2. The monoisotopic (exact) mass is 304 g/mol. The molecule has 0 unspecified atom stereocenters. The first kappa shape index (κ1) is 16.5. The second-order valence-electron chi connectivity index (χ2n) is 6.16. The molecule has 1 saturated carbocycles. The first-order chi connectivity index (χ1) is 10.5. The van der Waals surface area contributed by atoms with E-state index in [0.29, 0.717) is 17.2 Å². The van der Waals surface area contributed by atoms with Crippen LogP contribution in [0, 0.1) is 5.92 Å². The fourth-order valence-electron chi connectivity index (χ4n) is 3.11. The molecule has 0 saturated heterocycles. The molecule has 1 aromatic carbocycles. The van der Waals surface area contributed by atoms with Crippen molar-refractivity contribution >= 4 is 11.8 Å². The van der Waals surface area contributed by atoms with Crippen molar-refractivity contribution in [1.29, 1.82) is 0 Å². The van der Waals surface area contributed by atoms with Gasteiger partial charge < -0.3 is 9.84 Å². The third-order valence-corrected chi connectivity index (χ3v) is 4.51. The van der Waals surface area contributed by atoms with Crippen LogP contribution in [-0.4, -0.2) is 24.0 Å². The van der Waals surface area contributed by atoms with E-state index in [1.54, 1.807) is 6.92 Å². The number of carboxylic acid groups (broad SMARTS) is 1. The fraction of sp³-hybridized carbons (Fsp3) is 0.556. The molecule has 0 amide bonds. The van der Waals surface area contributed by atoms with Gasteiger partial charge in [-0.05, 0) is 36.5 Å². The SMILES string of the molecule is COc1ccc(C2CCCCC2)cc1C(=O)C[C@H](C)C(=O)O. The summed E-state index contributed by atoms with van der Waals surface area (Å²) in [6.45, 7) is 1.55. The maximum atomic E-state index is 12.4. The van der Waals surface area contributed by atoms with Crippen molar-refractivity contribution in [2.45, 2.75) is 51.4 Å². The normalized spacial score (nSPS) is 17.0. The average Bonchev–Trinajstić information content (AvgIpc) is 2.54. The highest BCUT2D eigenvalue weighted by atomic mass is 16.5. The number of ketones is 1. The number of Topliss-reactive ketones (excluding diaryl/α,β-unsaturated/α-hetero) is 1. The number of hydrogen-bond donors (Lipinski definition) is 1. The van der Waals surface area contributed by atoms with Crippen molar-refractivity contribution in [2.24, 2.45) is 5.92 Å². The second kappa shape index (κ2) is 7.43. The van der Waals surface area contributed by atoms with E-state index in [0.717, 1.165) is 12.8 Å². The Morgan fingerprint density at radius 1 is 1.27 bits per heavy atom. The predicted octanol–water partition coefficient (Wildman–Crippen LogP) is 4.04. The molecule has 1 atom stereocenters. The molecule has 2 rings (SSSR count). The zero-order valence-electron chi connectivity index (χ0n) is 13.3. The van der Waals surface area contributed by atoms with Gasteiger partial charge >= 0.3 is 5.97 Å². The van der Waals surface area contributed by atoms with Gasteiger partial charge in [0, 0.05) is 6.42 Å². The Hall–Kier alpha value is -1.84. The summed E-state index contributed by atoms with van der Waals surface area (Å²) in [5.74, 6) is -0.763. The number of ether oxygens (including phenoxy) is 1. The molecule has 1 N–H and O–H groups in total. The molecule has 0 heterocycles. The molecular formula is C18H24O4. The van der Waals surface area contributed by atoms with E-state index in [1.165, 1.54) is 31.9 Å². The van der Waals surface area contributed by atoms with Crippen LogP contribution in [0.4, 0.5) is 0 Å². The molecular weight excluding hydrogens is 280 g/mol. The summed E-state index contributed by atoms with van der Waals surface area (Å²) in [7, 11) is 1.53. The maximum absolute atomic E-state index is 12.4. The number of carbonyl (C=O) groups excluding carboxylic acids is 1. The number of carboxylic acids is 1. The van der Waals surface area contributed by atoms with Crippen molar-refractivity contribution in [3.8, 4) is 5.75 Å². The highest BCUT2D eigenvalue weighted by Gasteiger charge is 2.22. The summed E-state index contributed by atoms with van der Waals surface area (Å²) >= 11 is 0. The molecule has 0 aromatic heterocycles. The van der Waals surface area contributed by atoms with Crippen LogP contribution in [0.25, 0.3) is 0 Å². The summed E-state index contributed by atoms with van der Waals surface area (Å²) in [4.78, 5) is 23.4. The van der Waals surface area contributed by atoms with Crippen LogP contribution in [0.15, 0.2) is 18.2 Å². The summed E-state index contributed by atoms with van der Waals surface area (Å²) in [5.41, 5.74) is 1.69. The van der Waals surface area contributed by atoms with E-state index in [1.807, 2.05) is 18.2 Å². The Kier molecular flexibility index (Phi) is 5.58. The first-order valence-corrected chi connectivity index (χ1v) is 7.97. The molecule has 22 heavy (non-hydrogen) atoms. The maximum Gasteiger partial charge on any atom is 0.306 e. The minimum Gasteiger partial charge on any atom is -0.496 e. The van der Waals surface area contributed by atoms with Gasteiger partial charge in [-0.3, -0.25) is 9.59 Å². The molecule has 1 aromatic rings. The zero-order valence-corrected chi connectivity index (χ0v) is 13.3. The largest absolute Gasteiger partial charge is 0.496 e. The molecule has 4 nitrogen and oxygen atoms in total. The van der Waals surface area contributed by atoms with Crippen LogP contribution >= 0.6 is 0 Å². The number of hydrogen-bond acceptors (Lipinski definition) is 3. The lowest BCUT2D eigenvalue weighted by Crippen LogP contribution is -2.16. The Bertz CT molecular complexity index is 544. The lowest BCUT2D eigenvalue weighted by Gasteiger charge is -2.23. The van der Waals surface area contributed by atoms with Crippen LogP contribution in [0.5, 0.6) is 5.75 Å². The highest BCUT2D eigenvalue weighted by Crippen LogP contribution is 2.35. The smallest absolute Gasteiger partial charge is 0.306 e. The van der Waals surface area contributed by atoms with Crippen LogP contribution in [0.1, 0.15) is 67.3 Å². The third kappa shape index (κ3) is 3.87. The first-order valence-electron chi connectivity index (χ1n) is 7.97. The minimum absolute atomic E-state index is 0.000185. The Labute approximate surface area is 131 Å². The van der Waals surface area contributed by atoms with Gasteiger partial charge in [-0.25, -0.2) is 0 Å². The van der Waals surface area contributed by atoms with E-state index >= 15 is 0 Å². The van der Waals surface area contributed by atoms with Crippen LogP contribution in [0.3, 0.4) is 0 Å². The van der Waals surface area contributed by atoms with Gasteiger partial charge in [0.15, 0.2) is 5.78 Å². The van der Waals surface area contributed by atoms with E-state index in [4.69, 9.17) is 9.84 Å². The molecule has 4 heteroatoms. The van der Waals surface area contributed by atoms with Crippen molar-refractivity contribution in [3.05, 3.63) is 29.3 Å². The topological polar surface area (TPSA) is 63.6 Å². The Morgan fingerprint density at radius 2 is 1.95 bits per heavy atom. The van der Waals surface area contributed by atoms with Crippen LogP contribution in [0.2, 0.25) is 0 Å². The van der Waals surface area contributed by atoms with E-state index in [2.05, 4.69) is 0 Å². The standard InChI is InChI=1S/C18H24O4/c1-12(18(20)21)10-16(19)15-11-14(8-9-17(15)22-2)13-6-4-3-5-7-13/h8-9,11-13H,3-7,10H2,1-2H3,(H,20,21)/t12-/m0/s1. The van der Waals surface area contributed by atoms with Gasteiger partial charge in [0.1, 0.15) is 5.75 Å². The molecule has 1 aliphatic carbocycles. The molecule has 1 aliphatic rings. The van der Waals surface area contributed by atoms with Crippen LogP contribution in [-0.2, 0) is 4.79 Å². The lowest BCUT2D eigenvalue weighted by atomic mass is 9.83. The summed E-state index contributed by atoms with van der Waals surface area (Å²) in [6, 6.07) is 5.78. The summed E-state index contributed by atoms with van der Waals surface area (Å²) < 4.78 is 5.28. The number of aliphatic carboxylic acids is 1. The van der Waals surface area contributed by atoms with Crippen molar-refractivity contribution in [3.63, 3.8) is 0 Å². The van der Waals surface area contributed by atoms with Gasteiger partial charge in [-0.15, -0.1) is 0 Å². The number of benzene rings is 1. The Morgan fingerprint density at radius 3 is 2.55 bits per heavy atom. The quantitative estimate of drug-likeness (QED) is 0.806. The van der Waals surface area contributed by atoms with Crippen molar-refractivity contribution in [2.75, 3.05) is 7.11 Å². The summed E-state index contributed by atoms with van der Waals surface area (Å²) in [5, 5.41) is 8.98. The van der Waals surface area contributed by atoms with Gasteiger partial charge in [-0.2, -0.15) is 0 Å². The third-order valence-electron chi connectivity index (χ3n) is 4.51. The Balaban J connectivity index is 2.23. The minimum atomic E-state index is -0.948. The lowest BCUT2D eigenvalue weighted by molar-refractivity contribution is -0.141. The van der Waals surface area contributed by atoms with Crippen molar-refractivity contribution in [1.82, 2.24) is 0 Å². The second-order valence-corrected chi connectivity index (χ2v) is 6.16. The number of rotatable bonds is 6. The van der Waals surface area contributed by atoms with Gasteiger partial charge in [0.25, 0.3) is 0 Å². The molecule has 1 fully saturated rings. The molecule has 0 radical (unpaired) electrons. The molecule has 0 aliphatic heterocycles. The van der Waals surface area contributed by atoms with E-state index in [9.17, 15) is 9.59 Å². The van der Waals surface area contributed by atoms with E-state index < -0.39 is 11.9 Å². The summed E-state index contributed by atoms with van der Waals surface area (Å²) in [6.07, 6.45) is 6.07. The van der Waals surface area contributed by atoms with Gasteiger partial charge in [0.2, 0.25) is 0 Å². The number of methoxy groups -OCH3 is 1. The highest BCUT2D eigenvalue weighted by molar-refractivity contribution is 6.00. The molecule has 0 bridgehead atoms. The molecule has 120 valence electrons. The van der Waals surface area contributed by atoms with Crippen molar-refractivity contribution < 1.29 is 19.4 Å². The predicted molar refractivity (Wildman–Crippen MR) is 84.6 cm³/mol. The zero-order chi connectivity index (χ0) is 16.1.